The van der Waals surface area contributed by atoms with Crippen LogP contribution in [0.15, 0.2) is 0 Å². The third kappa shape index (κ3) is 5.04. The molecular formula is C13H25N3O2. The molecule has 0 aliphatic heterocycles. The number of rotatable bonds is 4. The van der Waals surface area contributed by atoms with E-state index >= 15 is 0 Å². The molecule has 0 spiro atoms. The van der Waals surface area contributed by atoms with E-state index in [9.17, 15) is 9.59 Å². The van der Waals surface area contributed by atoms with Crippen molar-refractivity contribution < 1.29 is 9.59 Å². The summed E-state index contributed by atoms with van der Waals surface area (Å²) in [6.45, 7) is 3.87. The first-order valence-electron chi connectivity index (χ1n) is 6.87. The molecule has 4 N–H and O–H groups in total. The van der Waals surface area contributed by atoms with Crippen LogP contribution in [0.5, 0.6) is 0 Å². The Morgan fingerprint density at radius 1 is 1.11 bits per heavy atom. The quantitative estimate of drug-likeness (QED) is 0.666. The Bertz CT molecular complexity index is 286. The minimum atomic E-state index is -0.796. The zero-order valence-electron chi connectivity index (χ0n) is 11.4. The fraction of sp³-hybridized carbons (Fsp3) is 0.846. The van der Waals surface area contributed by atoms with Crippen LogP contribution < -0.4 is 16.4 Å². The first kappa shape index (κ1) is 15.0. The predicted molar refractivity (Wildman–Crippen MR) is 71.0 cm³/mol. The summed E-state index contributed by atoms with van der Waals surface area (Å²) in [5.41, 5.74) is 4.93. The predicted octanol–water partition coefficient (Wildman–Crippen LogP) is 1.52. The first-order valence-corrected chi connectivity index (χ1v) is 6.87. The molecule has 104 valence electrons. The van der Waals surface area contributed by atoms with Crippen molar-refractivity contribution in [3.05, 3.63) is 0 Å². The number of nitrogens with two attached hydrogens (primary N) is 1. The Kier molecular flexibility index (Phi) is 6.12. The maximum Gasteiger partial charge on any atom is 0.318 e. The number of nitrogens with one attached hydrogen (secondary N) is 2. The summed E-state index contributed by atoms with van der Waals surface area (Å²) in [7, 11) is 0. The molecule has 1 rings (SSSR count). The van der Waals surface area contributed by atoms with Gasteiger partial charge >= 0.3 is 6.03 Å². The average molecular weight is 255 g/mol. The molecule has 18 heavy (non-hydrogen) atoms. The second-order valence-corrected chi connectivity index (χ2v) is 5.28. The van der Waals surface area contributed by atoms with Crippen LogP contribution in [0.25, 0.3) is 0 Å². The second-order valence-electron chi connectivity index (χ2n) is 5.28. The highest BCUT2D eigenvalue weighted by Gasteiger charge is 2.23. The Balaban J connectivity index is 2.39. The Morgan fingerprint density at radius 3 is 2.17 bits per heavy atom. The largest absolute Gasteiger partial charge is 0.351 e. The van der Waals surface area contributed by atoms with Crippen LogP contribution in [0, 0.1) is 5.92 Å². The van der Waals surface area contributed by atoms with Crippen LogP contribution in [0.4, 0.5) is 4.79 Å². The third-order valence-electron chi connectivity index (χ3n) is 3.76. The molecule has 1 unspecified atom stereocenters. The van der Waals surface area contributed by atoms with E-state index < -0.39 is 12.1 Å². The highest BCUT2D eigenvalue weighted by molar-refractivity contribution is 5.96. The number of carbonyl (C=O) groups excluding carboxylic acids is 2. The topological polar surface area (TPSA) is 84.2 Å². The van der Waals surface area contributed by atoms with Crippen molar-refractivity contribution in [3.63, 3.8) is 0 Å². The van der Waals surface area contributed by atoms with Gasteiger partial charge in [-0.05, 0) is 32.6 Å². The van der Waals surface area contributed by atoms with Crippen molar-refractivity contribution in [3.8, 4) is 0 Å². The van der Waals surface area contributed by atoms with Gasteiger partial charge in [-0.2, -0.15) is 0 Å². The van der Waals surface area contributed by atoms with E-state index in [1.807, 2.05) is 0 Å². The standard InChI is InChI=1S/C13H25N3O2/c1-9(11-7-5-3-4-6-8-11)15-10(2)12(17)16-13(14)18/h9-11,15H,3-8H2,1-2H3,(H3,14,16,17,18)/t9-,10?/m0/s1. The van der Waals surface area contributed by atoms with Crippen molar-refractivity contribution in [2.45, 2.75) is 64.5 Å². The van der Waals surface area contributed by atoms with Crippen LogP contribution in [-0.2, 0) is 4.79 Å². The van der Waals surface area contributed by atoms with Crippen molar-refractivity contribution in [2.75, 3.05) is 0 Å². The summed E-state index contributed by atoms with van der Waals surface area (Å²) in [6.07, 6.45) is 7.63. The molecule has 1 aliphatic carbocycles. The number of primary amides is 1. The average Bonchev–Trinajstić information content (AvgIpc) is 2.56. The minimum Gasteiger partial charge on any atom is -0.351 e. The van der Waals surface area contributed by atoms with Crippen molar-refractivity contribution in [2.24, 2.45) is 11.7 Å². The maximum atomic E-state index is 11.6. The molecule has 1 aliphatic rings. The molecular weight excluding hydrogens is 230 g/mol. The molecule has 3 amide bonds. The van der Waals surface area contributed by atoms with Crippen LogP contribution in [-0.4, -0.2) is 24.0 Å². The van der Waals surface area contributed by atoms with Crippen molar-refractivity contribution in [1.29, 1.82) is 0 Å². The number of hydrogen-bond acceptors (Lipinski definition) is 3. The number of amides is 3. The lowest BCUT2D eigenvalue weighted by Gasteiger charge is -2.26. The van der Waals surface area contributed by atoms with E-state index in [1.54, 1.807) is 6.92 Å². The monoisotopic (exact) mass is 255 g/mol. The summed E-state index contributed by atoms with van der Waals surface area (Å²) in [4.78, 5) is 22.2. The normalized spacial score (nSPS) is 20.8. The van der Waals surface area contributed by atoms with Crippen LogP contribution in [0.1, 0.15) is 52.4 Å². The molecule has 5 nitrogen and oxygen atoms in total. The second kappa shape index (κ2) is 7.36. The van der Waals surface area contributed by atoms with Crippen LogP contribution in [0.3, 0.4) is 0 Å². The molecule has 0 aromatic carbocycles. The van der Waals surface area contributed by atoms with Gasteiger partial charge in [0.1, 0.15) is 0 Å². The molecule has 5 heteroatoms. The van der Waals surface area contributed by atoms with Gasteiger partial charge in [-0.15, -0.1) is 0 Å². The lowest BCUT2D eigenvalue weighted by Crippen LogP contribution is -2.50. The highest BCUT2D eigenvalue weighted by atomic mass is 16.2. The molecule has 0 saturated heterocycles. The summed E-state index contributed by atoms with van der Waals surface area (Å²) < 4.78 is 0. The Morgan fingerprint density at radius 2 is 1.67 bits per heavy atom. The maximum absolute atomic E-state index is 11.6. The van der Waals surface area contributed by atoms with E-state index in [-0.39, 0.29) is 11.9 Å². The number of urea groups is 1. The minimum absolute atomic E-state index is 0.289. The highest BCUT2D eigenvalue weighted by Crippen LogP contribution is 2.25. The molecule has 0 aromatic rings. The van der Waals surface area contributed by atoms with E-state index in [4.69, 9.17) is 5.73 Å². The SMILES string of the molecule is CC(N[C@@H](C)C1CCCCCC1)C(=O)NC(N)=O. The van der Waals surface area contributed by atoms with Gasteiger partial charge in [0.2, 0.25) is 5.91 Å². The van der Waals surface area contributed by atoms with Crippen molar-refractivity contribution >= 4 is 11.9 Å². The molecule has 0 heterocycles. The Hall–Kier alpha value is -1.10. The number of imide groups is 1. The van der Waals surface area contributed by atoms with E-state index in [1.165, 1.54) is 38.5 Å². The number of hydrogen-bond donors (Lipinski definition) is 3. The molecule has 1 fully saturated rings. The fourth-order valence-electron chi connectivity index (χ4n) is 2.65. The summed E-state index contributed by atoms with van der Waals surface area (Å²) in [5, 5.41) is 5.36. The zero-order chi connectivity index (χ0) is 13.5. The lowest BCUT2D eigenvalue weighted by molar-refractivity contribution is -0.121. The van der Waals surface area contributed by atoms with Gasteiger partial charge in [-0.3, -0.25) is 10.1 Å². The summed E-state index contributed by atoms with van der Waals surface area (Å²) >= 11 is 0. The van der Waals surface area contributed by atoms with Crippen LogP contribution in [0.2, 0.25) is 0 Å². The van der Waals surface area contributed by atoms with E-state index in [0.29, 0.717) is 5.92 Å². The molecule has 1 saturated carbocycles. The van der Waals surface area contributed by atoms with Gasteiger partial charge in [0.05, 0.1) is 6.04 Å². The fourth-order valence-corrected chi connectivity index (χ4v) is 2.65. The Labute approximate surface area is 109 Å². The number of carbonyl (C=O) groups is 2. The van der Waals surface area contributed by atoms with Gasteiger partial charge in [0.25, 0.3) is 0 Å². The summed E-state index contributed by atoms with van der Waals surface area (Å²) in [6, 6.07) is -0.900. The zero-order valence-corrected chi connectivity index (χ0v) is 11.4. The van der Waals surface area contributed by atoms with Gasteiger partial charge in [0, 0.05) is 6.04 Å². The molecule has 0 aromatic heterocycles. The van der Waals surface area contributed by atoms with E-state index in [2.05, 4.69) is 17.6 Å². The first-order chi connectivity index (χ1) is 8.50. The van der Waals surface area contributed by atoms with E-state index in [0.717, 1.165) is 0 Å². The van der Waals surface area contributed by atoms with Crippen LogP contribution >= 0.6 is 0 Å². The van der Waals surface area contributed by atoms with Gasteiger partial charge in [-0.1, -0.05) is 25.7 Å². The molecule has 2 atom stereocenters. The van der Waals surface area contributed by atoms with Crippen molar-refractivity contribution in [1.82, 2.24) is 10.6 Å². The van der Waals surface area contributed by atoms with Gasteiger partial charge in [0.15, 0.2) is 0 Å². The molecule has 0 radical (unpaired) electrons. The molecule has 0 bridgehead atoms. The smallest absolute Gasteiger partial charge is 0.318 e. The summed E-state index contributed by atoms with van der Waals surface area (Å²) in [5.74, 6) is 0.263. The van der Waals surface area contributed by atoms with Gasteiger partial charge < -0.3 is 11.1 Å². The van der Waals surface area contributed by atoms with Gasteiger partial charge in [-0.25, -0.2) is 4.79 Å². The third-order valence-corrected chi connectivity index (χ3v) is 3.76. The lowest BCUT2D eigenvalue weighted by atomic mass is 9.92.